The molecule has 0 amide bonds. The van der Waals surface area contributed by atoms with Crippen LogP contribution >= 0.6 is 36.4 Å². The molecule has 2 rings (SSSR count). The minimum absolute atomic E-state index is 0. The summed E-state index contributed by atoms with van der Waals surface area (Å²) in [4.78, 5) is 2.41. The summed E-state index contributed by atoms with van der Waals surface area (Å²) in [6.45, 7) is 10.00. The van der Waals surface area contributed by atoms with Crippen LogP contribution in [-0.2, 0) is 0 Å². The molecule has 0 saturated carbocycles. The normalized spacial score (nSPS) is 16.5. The minimum Gasteiger partial charge on any atom is -0.314 e. The van der Waals surface area contributed by atoms with Crippen molar-refractivity contribution in [3.63, 3.8) is 0 Å². The summed E-state index contributed by atoms with van der Waals surface area (Å²) in [6.07, 6.45) is 0.877. The van der Waals surface area contributed by atoms with E-state index < -0.39 is 0 Å². The van der Waals surface area contributed by atoms with Crippen molar-refractivity contribution in [3.8, 4) is 0 Å². The highest BCUT2D eigenvalue weighted by Gasteiger charge is 2.22. The number of hydrogen-bond acceptors (Lipinski definition) is 2. The van der Waals surface area contributed by atoms with Crippen LogP contribution in [0.1, 0.15) is 24.9 Å². The number of piperazine rings is 1. The molecule has 6 heteroatoms. The molecule has 1 atom stereocenters. The Morgan fingerprint density at radius 3 is 2.52 bits per heavy atom. The first-order valence-electron chi connectivity index (χ1n) is 6.62. The van der Waals surface area contributed by atoms with Gasteiger partial charge >= 0.3 is 0 Å². The largest absolute Gasteiger partial charge is 0.314 e. The molecule has 1 aliphatic heterocycles. The minimum atomic E-state index is -0.361. The summed E-state index contributed by atoms with van der Waals surface area (Å²) < 4.78 is 13.3. The van der Waals surface area contributed by atoms with E-state index in [0.717, 1.165) is 43.7 Å². The maximum Gasteiger partial charge on any atom is 0.141 e. The van der Waals surface area contributed by atoms with Crippen molar-refractivity contribution in [2.45, 2.75) is 19.4 Å². The van der Waals surface area contributed by atoms with Gasteiger partial charge in [0.05, 0.1) is 5.02 Å². The molecule has 0 spiro atoms. The molecule has 1 fully saturated rings. The first kappa shape index (κ1) is 20.7. The average Bonchev–Trinajstić information content (AvgIpc) is 2.40. The Balaban J connectivity index is 0.00000200. The second kappa shape index (κ2) is 9.65. The number of rotatable bonds is 4. The standard InChI is InChI=1S/C15H20ClFN2.2ClH/c1-11(2)9-15(19-7-5-18-6-8-19)12-3-4-14(17)13(16)10-12;;/h3-4,10,15,18H,1,5-9H2,2H3;2*1H/t15-;;/m1../s1. The first-order chi connectivity index (χ1) is 9.08. The molecule has 1 heterocycles. The maximum absolute atomic E-state index is 13.3. The topological polar surface area (TPSA) is 15.3 Å². The third kappa shape index (κ3) is 5.76. The van der Waals surface area contributed by atoms with Gasteiger partial charge in [-0.1, -0.05) is 23.2 Å². The van der Waals surface area contributed by atoms with Gasteiger partial charge in [-0.2, -0.15) is 0 Å². The number of hydrogen-bond donors (Lipinski definition) is 1. The third-order valence-corrected chi connectivity index (χ3v) is 3.75. The quantitative estimate of drug-likeness (QED) is 0.813. The zero-order valence-corrected chi connectivity index (χ0v) is 14.5. The summed E-state index contributed by atoms with van der Waals surface area (Å²) in [5, 5.41) is 3.54. The Morgan fingerprint density at radius 2 is 2.00 bits per heavy atom. The second-order valence-electron chi connectivity index (χ2n) is 5.14. The van der Waals surface area contributed by atoms with Gasteiger partial charge in [0, 0.05) is 32.2 Å². The number of nitrogens with zero attached hydrogens (tertiary/aromatic N) is 1. The van der Waals surface area contributed by atoms with Gasteiger partial charge in [-0.25, -0.2) is 4.39 Å². The Kier molecular flexibility index (Phi) is 9.50. The third-order valence-electron chi connectivity index (χ3n) is 3.46. The van der Waals surface area contributed by atoms with Crippen LogP contribution in [0.25, 0.3) is 0 Å². The first-order valence-corrected chi connectivity index (χ1v) is 7.00. The zero-order chi connectivity index (χ0) is 13.8. The number of benzene rings is 1. The summed E-state index contributed by atoms with van der Waals surface area (Å²) >= 11 is 5.91. The fraction of sp³-hybridized carbons (Fsp3) is 0.467. The van der Waals surface area contributed by atoms with E-state index in [0.29, 0.717) is 0 Å². The van der Waals surface area contributed by atoms with Gasteiger partial charge in [0.2, 0.25) is 0 Å². The Hall–Kier alpha value is -0.320. The molecule has 1 N–H and O–H groups in total. The van der Waals surface area contributed by atoms with Crippen molar-refractivity contribution in [3.05, 3.63) is 46.8 Å². The van der Waals surface area contributed by atoms with E-state index >= 15 is 0 Å². The predicted molar refractivity (Wildman–Crippen MR) is 92.5 cm³/mol. The van der Waals surface area contributed by atoms with Crippen LogP contribution in [0.5, 0.6) is 0 Å². The van der Waals surface area contributed by atoms with Gasteiger partial charge < -0.3 is 5.32 Å². The lowest BCUT2D eigenvalue weighted by Crippen LogP contribution is -2.45. The van der Waals surface area contributed by atoms with Crippen LogP contribution < -0.4 is 5.32 Å². The molecule has 2 nitrogen and oxygen atoms in total. The monoisotopic (exact) mass is 354 g/mol. The van der Waals surface area contributed by atoms with E-state index in [4.69, 9.17) is 11.6 Å². The Labute approximate surface area is 143 Å². The molecule has 1 aliphatic rings. The molecule has 0 bridgehead atoms. The van der Waals surface area contributed by atoms with Gasteiger partial charge in [-0.15, -0.1) is 31.4 Å². The van der Waals surface area contributed by atoms with Gasteiger partial charge in [-0.05, 0) is 31.0 Å². The van der Waals surface area contributed by atoms with Gasteiger partial charge in [0.15, 0.2) is 0 Å². The van der Waals surface area contributed by atoms with E-state index in [2.05, 4.69) is 16.8 Å². The Morgan fingerprint density at radius 1 is 1.38 bits per heavy atom. The van der Waals surface area contributed by atoms with E-state index in [1.54, 1.807) is 6.07 Å². The Bertz CT molecular complexity index is 462. The van der Waals surface area contributed by atoms with Gasteiger partial charge in [0.1, 0.15) is 5.82 Å². The summed E-state index contributed by atoms with van der Waals surface area (Å²) in [6, 6.07) is 5.26. The fourth-order valence-corrected chi connectivity index (χ4v) is 2.69. The van der Waals surface area contributed by atoms with Crippen LogP contribution in [0.15, 0.2) is 30.4 Å². The number of nitrogens with one attached hydrogen (secondary N) is 1. The van der Waals surface area contributed by atoms with Crippen molar-refractivity contribution in [2.75, 3.05) is 26.2 Å². The highest BCUT2D eigenvalue weighted by molar-refractivity contribution is 6.30. The second-order valence-corrected chi connectivity index (χ2v) is 5.54. The zero-order valence-electron chi connectivity index (χ0n) is 12.1. The van der Waals surface area contributed by atoms with E-state index in [9.17, 15) is 4.39 Å². The van der Waals surface area contributed by atoms with Crippen molar-refractivity contribution < 1.29 is 4.39 Å². The van der Waals surface area contributed by atoms with Crippen LogP contribution in [0.4, 0.5) is 4.39 Å². The summed E-state index contributed by atoms with van der Waals surface area (Å²) in [5.74, 6) is -0.361. The highest BCUT2D eigenvalue weighted by atomic mass is 35.5. The van der Waals surface area contributed by atoms with Crippen LogP contribution in [0.3, 0.4) is 0 Å². The SMILES string of the molecule is C=C(C)C[C@H](c1ccc(F)c(Cl)c1)N1CCNCC1.Cl.Cl. The van der Waals surface area contributed by atoms with E-state index in [1.807, 2.05) is 13.0 Å². The molecular weight excluding hydrogens is 334 g/mol. The van der Waals surface area contributed by atoms with E-state index in [1.165, 1.54) is 6.07 Å². The van der Waals surface area contributed by atoms with Crippen molar-refractivity contribution in [1.82, 2.24) is 10.2 Å². The van der Waals surface area contributed by atoms with Gasteiger partial charge in [-0.3, -0.25) is 4.90 Å². The lowest BCUT2D eigenvalue weighted by molar-refractivity contribution is 0.172. The molecule has 1 saturated heterocycles. The predicted octanol–water partition coefficient (Wildman–Crippen LogP) is 4.24. The molecule has 0 radical (unpaired) electrons. The molecule has 1 aromatic carbocycles. The number of halogens is 4. The molecular formula is C15H22Cl3FN2. The molecule has 0 aliphatic carbocycles. The molecule has 0 aromatic heterocycles. The summed E-state index contributed by atoms with van der Waals surface area (Å²) in [7, 11) is 0. The average molecular weight is 356 g/mol. The fourth-order valence-electron chi connectivity index (χ4n) is 2.50. The maximum atomic E-state index is 13.3. The lowest BCUT2D eigenvalue weighted by Gasteiger charge is -2.35. The molecule has 21 heavy (non-hydrogen) atoms. The van der Waals surface area contributed by atoms with Crippen LogP contribution in [0, 0.1) is 5.82 Å². The molecule has 120 valence electrons. The van der Waals surface area contributed by atoms with Crippen molar-refractivity contribution >= 4 is 36.4 Å². The summed E-state index contributed by atoms with van der Waals surface area (Å²) in [5.41, 5.74) is 2.19. The van der Waals surface area contributed by atoms with E-state index in [-0.39, 0.29) is 41.7 Å². The smallest absolute Gasteiger partial charge is 0.141 e. The lowest BCUT2D eigenvalue weighted by atomic mass is 9.98. The van der Waals surface area contributed by atoms with Crippen LogP contribution in [-0.4, -0.2) is 31.1 Å². The highest BCUT2D eigenvalue weighted by Crippen LogP contribution is 2.30. The van der Waals surface area contributed by atoms with Crippen LogP contribution in [0.2, 0.25) is 5.02 Å². The molecule has 0 unspecified atom stereocenters. The van der Waals surface area contributed by atoms with Crippen molar-refractivity contribution in [2.24, 2.45) is 0 Å². The molecule has 1 aromatic rings. The van der Waals surface area contributed by atoms with Gasteiger partial charge in [0.25, 0.3) is 0 Å². The van der Waals surface area contributed by atoms with Crippen molar-refractivity contribution in [1.29, 1.82) is 0 Å².